The number of benzene rings is 2. The van der Waals surface area contributed by atoms with E-state index in [1.165, 1.54) is 18.2 Å². The fraction of sp³-hybridized carbons (Fsp3) is 0.0714. The number of hydrogen-bond donors (Lipinski definition) is 0. The van der Waals surface area contributed by atoms with Gasteiger partial charge in [-0.15, -0.1) is 0 Å². The molecule has 0 N–H and O–H groups in total. The van der Waals surface area contributed by atoms with Crippen LogP contribution in [0, 0.1) is 24.1 Å². The molecule has 0 aliphatic carbocycles. The van der Waals surface area contributed by atoms with Crippen LogP contribution in [0.15, 0.2) is 36.4 Å². The summed E-state index contributed by atoms with van der Waals surface area (Å²) in [5.74, 6) is -0.0532. The molecular formula is C14H9ClFNO. The minimum Gasteiger partial charge on any atom is -0.454 e. The molecule has 18 heavy (non-hydrogen) atoms. The number of rotatable bonds is 2. The van der Waals surface area contributed by atoms with E-state index in [9.17, 15) is 4.39 Å². The highest BCUT2D eigenvalue weighted by Gasteiger charge is 2.11. The molecule has 0 fully saturated rings. The molecule has 2 aromatic rings. The summed E-state index contributed by atoms with van der Waals surface area (Å²) >= 11 is 5.98. The van der Waals surface area contributed by atoms with E-state index in [1.54, 1.807) is 18.2 Å². The van der Waals surface area contributed by atoms with Gasteiger partial charge in [0.15, 0.2) is 0 Å². The summed E-state index contributed by atoms with van der Waals surface area (Å²) in [7, 11) is 0. The summed E-state index contributed by atoms with van der Waals surface area (Å²) in [5.41, 5.74) is 0.833. The van der Waals surface area contributed by atoms with Crippen LogP contribution in [0.4, 0.5) is 4.39 Å². The molecule has 0 aliphatic rings. The van der Waals surface area contributed by atoms with E-state index < -0.39 is 5.82 Å². The lowest BCUT2D eigenvalue weighted by Gasteiger charge is -2.09. The maximum atomic E-state index is 13.4. The number of ether oxygens (including phenoxy) is 1. The highest BCUT2D eigenvalue weighted by atomic mass is 35.5. The zero-order valence-electron chi connectivity index (χ0n) is 9.58. The van der Waals surface area contributed by atoms with Crippen molar-refractivity contribution in [1.29, 1.82) is 5.26 Å². The molecule has 0 bridgehead atoms. The van der Waals surface area contributed by atoms with Crippen LogP contribution in [-0.2, 0) is 0 Å². The first-order valence-corrected chi connectivity index (χ1v) is 5.62. The SMILES string of the molecule is Cc1ccc(Cl)c(Oc2cccc(F)c2C#N)c1. The average molecular weight is 262 g/mol. The molecule has 0 spiro atoms. The smallest absolute Gasteiger partial charge is 0.148 e. The van der Waals surface area contributed by atoms with E-state index in [2.05, 4.69) is 0 Å². The molecule has 4 heteroatoms. The van der Waals surface area contributed by atoms with Crippen molar-refractivity contribution in [2.24, 2.45) is 0 Å². The average Bonchev–Trinajstić information content (AvgIpc) is 2.34. The van der Waals surface area contributed by atoms with Crippen LogP contribution in [0.5, 0.6) is 11.5 Å². The number of aryl methyl sites for hydroxylation is 1. The highest BCUT2D eigenvalue weighted by Crippen LogP contribution is 2.32. The number of nitriles is 1. The molecule has 0 saturated carbocycles. The van der Waals surface area contributed by atoms with Gasteiger partial charge in [-0.05, 0) is 36.8 Å². The molecule has 0 radical (unpaired) electrons. The van der Waals surface area contributed by atoms with Gasteiger partial charge in [0.2, 0.25) is 0 Å². The van der Waals surface area contributed by atoms with Gasteiger partial charge < -0.3 is 4.74 Å². The Morgan fingerprint density at radius 1 is 1.22 bits per heavy atom. The van der Waals surface area contributed by atoms with Gasteiger partial charge >= 0.3 is 0 Å². The van der Waals surface area contributed by atoms with E-state index >= 15 is 0 Å². The third-order valence-corrected chi connectivity index (χ3v) is 2.71. The number of halogens is 2. The molecule has 0 amide bonds. The van der Waals surface area contributed by atoms with Gasteiger partial charge in [-0.2, -0.15) is 5.26 Å². The first kappa shape index (κ1) is 12.4. The lowest BCUT2D eigenvalue weighted by Crippen LogP contribution is -1.92. The lowest BCUT2D eigenvalue weighted by molar-refractivity contribution is 0.474. The van der Waals surface area contributed by atoms with Gasteiger partial charge in [0.1, 0.15) is 28.9 Å². The minimum atomic E-state index is -0.612. The van der Waals surface area contributed by atoms with Crippen LogP contribution in [0.25, 0.3) is 0 Å². The summed E-state index contributed by atoms with van der Waals surface area (Å²) in [6.07, 6.45) is 0. The van der Waals surface area contributed by atoms with E-state index in [4.69, 9.17) is 21.6 Å². The molecule has 2 rings (SSSR count). The van der Waals surface area contributed by atoms with Gasteiger partial charge in [0, 0.05) is 0 Å². The fourth-order valence-electron chi connectivity index (χ4n) is 1.51. The van der Waals surface area contributed by atoms with Crippen LogP contribution in [-0.4, -0.2) is 0 Å². The summed E-state index contributed by atoms with van der Waals surface area (Å²) in [6.45, 7) is 1.89. The van der Waals surface area contributed by atoms with Crippen molar-refractivity contribution in [3.05, 3.63) is 58.4 Å². The number of hydrogen-bond acceptors (Lipinski definition) is 2. The van der Waals surface area contributed by atoms with Crippen LogP contribution in [0.2, 0.25) is 5.02 Å². The monoisotopic (exact) mass is 261 g/mol. The summed E-state index contributed by atoms with van der Waals surface area (Å²) < 4.78 is 18.9. The molecule has 2 aromatic carbocycles. The van der Waals surface area contributed by atoms with Crippen molar-refractivity contribution in [2.75, 3.05) is 0 Å². The van der Waals surface area contributed by atoms with Gasteiger partial charge in [-0.3, -0.25) is 0 Å². The Labute approximate surface area is 109 Å². The van der Waals surface area contributed by atoms with E-state index in [-0.39, 0.29) is 11.3 Å². The summed E-state index contributed by atoms with van der Waals surface area (Å²) in [4.78, 5) is 0. The first-order valence-electron chi connectivity index (χ1n) is 5.24. The van der Waals surface area contributed by atoms with Crippen molar-refractivity contribution in [2.45, 2.75) is 6.92 Å². The molecule has 0 saturated heterocycles. The highest BCUT2D eigenvalue weighted by molar-refractivity contribution is 6.32. The zero-order chi connectivity index (χ0) is 13.1. The predicted octanol–water partition coefficient (Wildman–Crippen LogP) is 4.45. The fourth-order valence-corrected chi connectivity index (χ4v) is 1.66. The second kappa shape index (κ2) is 5.07. The van der Waals surface area contributed by atoms with Crippen LogP contribution in [0.1, 0.15) is 11.1 Å². The third-order valence-electron chi connectivity index (χ3n) is 2.39. The van der Waals surface area contributed by atoms with Crippen molar-refractivity contribution in [1.82, 2.24) is 0 Å². The molecule has 90 valence electrons. The van der Waals surface area contributed by atoms with Gasteiger partial charge in [-0.1, -0.05) is 23.7 Å². The second-order valence-corrected chi connectivity index (χ2v) is 4.17. The van der Waals surface area contributed by atoms with Gasteiger partial charge in [-0.25, -0.2) is 4.39 Å². The standard InChI is InChI=1S/C14H9ClFNO/c1-9-5-6-11(15)14(7-9)18-13-4-2-3-12(16)10(13)8-17/h2-7H,1H3. The number of nitrogens with zero attached hydrogens (tertiary/aromatic N) is 1. The van der Waals surface area contributed by atoms with E-state index in [0.717, 1.165) is 5.56 Å². The van der Waals surface area contributed by atoms with Crippen LogP contribution >= 0.6 is 11.6 Å². The Bertz CT molecular complexity index is 634. The lowest BCUT2D eigenvalue weighted by atomic mass is 10.2. The largest absolute Gasteiger partial charge is 0.454 e. The predicted molar refractivity (Wildman–Crippen MR) is 67.4 cm³/mol. The second-order valence-electron chi connectivity index (χ2n) is 3.76. The van der Waals surface area contributed by atoms with Crippen molar-refractivity contribution >= 4 is 11.6 Å². The van der Waals surface area contributed by atoms with Crippen molar-refractivity contribution < 1.29 is 9.13 Å². The Morgan fingerprint density at radius 3 is 2.72 bits per heavy atom. The Balaban J connectivity index is 2.44. The maximum Gasteiger partial charge on any atom is 0.148 e. The Kier molecular flexibility index (Phi) is 3.50. The molecular weight excluding hydrogens is 253 g/mol. The van der Waals surface area contributed by atoms with E-state index in [0.29, 0.717) is 10.8 Å². The normalized spacial score (nSPS) is 9.89. The van der Waals surface area contributed by atoms with Crippen LogP contribution < -0.4 is 4.74 Å². The quantitative estimate of drug-likeness (QED) is 0.800. The third kappa shape index (κ3) is 2.44. The van der Waals surface area contributed by atoms with Crippen molar-refractivity contribution in [3.8, 4) is 17.6 Å². The zero-order valence-corrected chi connectivity index (χ0v) is 10.3. The molecule has 0 unspecified atom stereocenters. The Morgan fingerprint density at radius 2 is 2.00 bits per heavy atom. The first-order chi connectivity index (χ1) is 8.61. The maximum absolute atomic E-state index is 13.4. The van der Waals surface area contributed by atoms with Crippen LogP contribution in [0.3, 0.4) is 0 Å². The minimum absolute atomic E-state index is 0.130. The van der Waals surface area contributed by atoms with Gasteiger partial charge in [0.05, 0.1) is 5.02 Å². The van der Waals surface area contributed by atoms with Crippen molar-refractivity contribution in [3.63, 3.8) is 0 Å². The van der Waals surface area contributed by atoms with Gasteiger partial charge in [0.25, 0.3) is 0 Å². The topological polar surface area (TPSA) is 33.0 Å². The molecule has 0 aliphatic heterocycles. The molecule has 2 nitrogen and oxygen atoms in total. The molecule has 0 atom stereocenters. The molecule has 0 heterocycles. The molecule has 0 aromatic heterocycles. The van der Waals surface area contributed by atoms with E-state index in [1.807, 2.05) is 13.0 Å². The summed E-state index contributed by atoms with van der Waals surface area (Å²) in [6, 6.07) is 11.3. The Hall–Kier alpha value is -2.05. The summed E-state index contributed by atoms with van der Waals surface area (Å²) in [5, 5.41) is 9.31.